The van der Waals surface area contributed by atoms with Crippen molar-refractivity contribution in [2.24, 2.45) is 0 Å². The average Bonchev–Trinajstić information content (AvgIpc) is 3.26. The van der Waals surface area contributed by atoms with Gasteiger partial charge in [0.1, 0.15) is 12.1 Å². The van der Waals surface area contributed by atoms with Gasteiger partial charge >= 0.3 is 6.18 Å². The van der Waals surface area contributed by atoms with Crippen molar-refractivity contribution in [3.05, 3.63) is 59.3 Å². The molecule has 3 rings (SSSR count). The fraction of sp³-hybridized carbons (Fsp3) is 0.188. The Labute approximate surface area is 160 Å². The van der Waals surface area contributed by atoms with E-state index in [0.717, 1.165) is 17.8 Å². The van der Waals surface area contributed by atoms with Gasteiger partial charge in [-0.25, -0.2) is 0 Å². The van der Waals surface area contributed by atoms with E-state index in [1.165, 1.54) is 24.7 Å². The number of hydrogen-bond acceptors (Lipinski definition) is 5. The summed E-state index contributed by atoms with van der Waals surface area (Å²) in [5.74, 6) is -0.141. The van der Waals surface area contributed by atoms with Crippen LogP contribution < -0.4 is 5.32 Å². The summed E-state index contributed by atoms with van der Waals surface area (Å²) in [4.78, 5) is 12.1. The maximum atomic E-state index is 13.1. The van der Waals surface area contributed by atoms with E-state index in [2.05, 4.69) is 15.5 Å². The Bertz CT molecular complexity index is 928. The zero-order chi connectivity index (χ0) is 19.4. The summed E-state index contributed by atoms with van der Waals surface area (Å²) in [6.07, 6.45) is -1.63. The SMILES string of the molecule is O=C(CSc1nncn1Cc1ccco1)Nc1c(Cl)cccc1C(F)(F)F. The van der Waals surface area contributed by atoms with Crippen molar-refractivity contribution in [1.29, 1.82) is 0 Å². The third-order valence-corrected chi connectivity index (χ3v) is 4.70. The number of benzene rings is 1. The van der Waals surface area contributed by atoms with Crippen LogP contribution >= 0.6 is 23.4 Å². The van der Waals surface area contributed by atoms with Crippen molar-refractivity contribution in [3.8, 4) is 0 Å². The molecule has 0 saturated heterocycles. The van der Waals surface area contributed by atoms with Crippen LogP contribution in [0.5, 0.6) is 0 Å². The Hall–Kier alpha value is -2.46. The molecule has 27 heavy (non-hydrogen) atoms. The normalized spacial score (nSPS) is 11.6. The van der Waals surface area contributed by atoms with Gasteiger partial charge in [0.05, 0.1) is 34.8 Å². The minimum atomic E-state index is -4.64. The molecule has 11 heteroatoms. The molecule has 0 aliphatic carbocycles. The molecule has 2 aromatic heterocycles. The number of nitrogens with one attached hydrogen (secondary N) is 1. The number of rotatable bonds is 6. The summed E-state index contributed by atoms with van der Waals surface area (Å²) < 4.78 is 46.1. The standard InChI is InChI=1S/C16H12ClF3N4O2S/c17-12-5-1-4-11(16(18,19)20)14(12)22-13(25)8-27-15-23-21-9-24(15)7-10-3-2-6-26-10/h1-6,9H,7-8H2,(H,22,25). The highest BCUT2D eigenvalue weighted by molar-refractivity contribution is 7.99. The maximum Gasteiger partial charge on any atom is 0.418 e. The zero-order valence-electron chi connectivity index (χ0n) is 13.5. The quantitative estimate of drug-likeness (QED) is 0.606. The summed E-state index contributed by atoms with van der Waals surface area (Å²) in [6, 6.07) is 6.82. The number of nitrogens with zero attached hydrogens (tertiary/aromatic N) is 3. The molecule has 6 nitrogen and oxygen atoms in total. The molecule has 0 saturated carbocycles. The molecule has 142 valence electrons. The molecule has 1 N–H and O–H groups in total. The highest BCUT2D eigenvalue weighted by atomic mass is 35.5. The van der Waals surface area contributed by atoms with E-state index in [0.29, 0.717) is 17.5 Å². The summed E-state index contributed by atoms with van der Waals surface area (Å²) in [5, 5.41) is 10.1. The van der Waals surface area contributed by atoms with Gasteiger partial charge in [-0.2, -0.15) is 13.2 Å². The van der Waals surface area contributed by atoms with Crippen LogP contribution in [0.1, 0.15) is 11.3 Å². The Balaban J connectivity index is 1.66. The second-order valence-corrected chi connectivity index (χ2v) is 6.67. The molecule has 1 aromatic carbocycles. The van der Waals surface area contributed by atoms with Crippen LogP contribution in [-0.4, -0.2) is 26.4 Å². The number of carbonyl (C=O) groups excluding carboxylic acids is 1. The van der Waals surface area contributed by atoms with Crippen molar-refractivity contribution in [1.82, 2.24) is 14.8 Å². The molecule has 3 aromatic rings. The second-order valence-electron chi connectivity index (χ2n) is 5.32. The van der Waals surface area contributed by atoms with Crippen LogP contribution in [0.25, 0.3) is 0 Å². The molecule has 2 heterocycles. The van der Waals surface area contributed by atoms with E-state index >= 15 is 0 Å². The summed E-state index contributed by atoms with van der Waals surface area (Å²) in [6.45, 7) is 0.368. The topological polar surface area (TPSA) is 73.0 Å². The summed E-state index contributed by atoms with van der Waals surface area (Å²) >= 11 is 6.86. The number of thioether (sulfide) groups is 1. The first-order valence-corrected chi connectivity index (χ1v) is 8.89. The lowest BCUT2D eigenvalue weighted by Crippen LogP contribution is -2.19. The molecular formula is C16H12ClF3N4O2S. The van der Waals surface area contributed by atoms with Gasteiger partial charge in [0.15, 0.2) is 5.16 Å². The van der Waals surface area contributed by atoms with Crippen molar-refractivity contribution >= 4 is 35.0 Å². The summed E-state index contributed by atoms with van der Waals surface area (Å²) in [5.41, 5.74) is -1.47. The highest BCUT2D eigenvalue weighted by Crippen LogP contribution is 2.38. The fourth-order valence-electron chi connectivity index (χ4n) is 2.23. The smallest absolute Gasteiger partial charge is 0.418 e. The fourth-order valence-corrected chi connectivity index (χ4v) is 3.16. The van der Waals surface area contributed by atoms with Crippen LogP contribution in [0.15, 0.2) is 52.5 Å². The van der Waals surface area contributed by atoms with Gasteiger partial charge in [0.2, 0.25) is 5.91 Å². The van der Waals surface area contributed by atoms with E-state index in [9.17, 15) is 18.0 Å². The molecule has 0 bridgehead atoms. The van der Waals surface area contributed by atoms with Crippen LogP contribution in [-0.2, 0) is 17.5 Å². The molecule has 0 radical (unpaired) electrons. The predicted octanol–water partition coefficient (Wildman–Crippen LogP) is 4.32. The molecule has 0 atom stereocenters. The third-order valence-electron chi connectivity index (χ3n) is 3.40. The van der Waals surface area contributed by atoms with Gasteiger partial charge in [-0.15, -0.1) is 10.2 Å². The van der Waals surface area contributed by atoms with Crippen molar-refractivity contribution in [3.63, 3.8) is 0 Å². The van der Waals surface area contributed by atoms with E-state index in [-0.39, 0.29) is 10.8 Å². The summed E-state index contributed by atoms with van der Waals surface area (Å²) in [7, 11) is 0. The number of carbonyl (C=O) groups is 1. The van der Waals surface area contributed by atoms with Crippen molar-refractivity contribution < 1.29 is 22.4 Å². The number of anilines is 1. The Kier molecular flexibility index (Phi) is 5.76. The number of halogens is 4. The Morgan fingerprint density at radius 1 is 1.30 bits per heavy atom. The van der Waals surface area contributed by atoms with E-state index in [4.69, 9.17) is 16.0 Å². The van der Waals surface area contributed by atoms with E-state index < -0.39 is 23.3 Å². The number of amides is 1. The lowest BCUT2D eigenvalue weighted by atomic mass is 10.1. The molecule has 0 spiro atoms. The number of aromatic nitrogens is 3. The molecule has 0 aliphatic heterocycles. The molecular weight excluding hydrogens is 405 g/mol. The lowest BCUT2D eigenvalue weighted by Gasteiger charge is -2.15. The van der Waals surface area contributed by atoms with Gasteiger partial charge in [0.25, 0.3) is 0 Å². The maximum absolute atomic E-state index is 13.1. The third kappa shape index (κ3) is 4.83. The van der Waals surface area contributed by atoms with Crippen LogP contribution in [0.2, 0.25) is 5.02 Å². The monoisotopic (exact) mass is 416 g/mol. The number of para-hydroxylation sites is 1. The lowest BCUT2D eigenvalue weighted by molar-refractivity contribution is -0.137. The number of alkyl halides is 3. The Morgan fingerprint density at radius 2 is 2.11 bits per heavy atom. The largest absolute Gasteiger partial charge is 0.467 e. The van der Waals surface area contributed by atoms with E-state index in [1.54, 1.807) is 16.7 Å². The first-order valence-electron chi connectivity index (χ1n) is 7.53. The average molecular weight is 417 g/mol. The number of furan rings is 1. The minimum Gasteiger partial charge on any atom is -0.467 e. The first-order chi connectivity index (χ1) is 12.8. The van der Waals surface area contributed by atoms with Crippen LogP contribution in [0.3, 0.4) is 0 Å². The minimum absolute atomic E-state index is 0.167. The predicted molar refractivity (Wildman–Crippen MR) is 93.6 cm³/mol. The van der Waals surface area contributed by atoms with Crippen molar-refractivity contribution in [2.45, 2.75) is 17.9 Å². The van der Waals surface area contributed by atoms with Crippen LogP contribution in [0, 0.1) is 0 Å². The molecule has 0 fully saturated rings. The molecule has 0 aliphatic rings. The van der Waals surface area contributed by atoms with Gasteiger partial charge in [-0.1, -0.05) is 29.4 Å². The molecule has 1 amide bonds. The van der Waals surface area contributed by atoms with E-state index in [1.807, 2.05) is 0 Å². The highest BCUT2D eigenvalue weighted by Gasteiger charge is 2.34. The van der Waals surface area contributed by atoms with Crippen LogP contribution in [0.4, 0.5) is 18.9 Å². The van der Waals surface area contributed by atoms with Gasteiger partial charge in [-0.3, -0.25) is 4.79 Å². The zero-order valence-corrected chi connectivity index (χ0v) is 15.1. The van der Waals surface area contributed by atoms with Gasteiger partial charge in [0, 0.05) is 0 Å². The van der Waals surface area contributed by atoms with Crippen molar-refractivity contribution in [2.75, 3.05) is 11.1 Å². The van der Waals surface area contributed by atoms with Gasteiger partial charge < -0.3 is 14.3 Å². The number of hydrogen-bond donors (Lipinski definition) is 1. The molecule has 0 unspecified atom stereocenters. The van der Waals surface area contributed by atoms with Gasteiger partial charge in [-0.05, 0) is 24.3 Å². The first kappa shape index (κ1) is 19.3. The second kappa shape index (κ2) is 8.05. The Morgan fingerprint density at radius 3 is 2.81 bits per heavy atom.